The van der Waals surface area contributed by atoms with Crippen molar-refractivity contribution in [2.75, 3.05) is 27.7 Å². The molecule has 0 aliphatic heterocycles. The van der Waals surface area contributed by atoms with Gasteiger partial charge in [-0.15, -0.1) is 12.4 Å². The molecule has 4 nitrogen and oxygen atoms in total. The van der Waals surface area contributed by atoms with Gasteiger partial charge < -0.3 is 14.7 Å². The summed E-state index contributed by atoms with van der Waals surface area (Å²) in [7, 11) is 5.89. The van der Waals surface area contributed by atoms with Crippen LogP contribution in [0.25, 0.3) is 11.6 Å². The first-order valence-electron chi connectivity index (χ1n) is 9.51. The Morgan fingerprint density at radius 1 is 1.21 bits per heavy atom. The molecule has 1 atom stereocenters. The largest absolute Gasteiger partial charge is 0.497 e. The summed E-state index contributed by atoms with van der Waals surface area (Å²) in [6.45, 7) is 0.991. The number of rotatable bonds is 6. The van der Waals surface area contributed by atoms with Crippen molar-refractivity contribution in [1.29, 1.82) is 0 Å². The number of hydrogen-bond acceptors (Lipinski definition) is 3. The molecule has 1 N–H and O–H groups in total. The van der Waals surface area contributed by atoms with Crippen molar-refractivity contribution in [3.8, 4) is 5.75 Å². The van der Waals surface area contributed by atoms with E-state index in [1.165, 1.54) is 16.7 Å². The van der Waals surface area contributed by atoms with Gasteiger partial charge in [0.1, 0.15) is 5.75 Å². The Kier molecular flexibility index (Phi) is 8.06. The lowest BCUT2D eigenvalue weighted by Gasteiger charge is -2.28. The van der Waals surface area contributed by atoms with Crippen LogP contribution in [0.15, 0.2) is 60.2 Å². The molecule has 3 rings (SSSR count). The maximum Gasteiger partial charge on any atom is 0.335 e. The molecule has 0 fully saturated rings. The number of nitrogens with zero attached hydrogens (tertiary/aromatic N) is 1. The highest BCUT2D eigenvalue weighted by Gasteiger charge is 2.22. The molecule has 154 valence electrons. The predicted molar refractivity (Wildman–Crippen MR) is 121 cm³/mol. The number of aromatic carboxylic acids is 1. The number of carboxylic acids is 1. The van der Waals surface area contributed by atoms with Crippen LogP contribution in [0.2, 0.25) is 0 Å². The molecule has 1 unspecified atom stereocenters. The third-order valence-corrected chi connectivity index (χ3v) is 5.04. The molecule has 0 radical (unpaired) electrons. The van der Waals surface area contributed by atoms with Gasteiger partial charge >= 0.3 is 5.97 Å². The number of allylic oxidation sites excluding steroid dienone is 2. The standard InChI is InChI=1S/C24H27NO3.ClH/c1-25(2)16-21-11-10-18(12-17-6-4-8-20(13-17)24(26)27)14-23(21)19-7-5-9-22(15-19)28-3;/h4-9,12-15,21H,10-11,16H2,1-3H3,(H,26,27);1H/b18-12-;. The van der Waals surface area contributed by atoms with Gasteiger partial charge in [-0.1, -0.05) is 36.4 Å². The first-order valence-corrected chi connectivity index (χ1v) is 9.51. The van der Waals surface area contributed by atoms with E-state index in [2.05, 4.69) is 43.3 Å². The number of hydrogen-bond donors (Lipinski definition) is 1. The van der Waals surface area contributed by atoms with E-state index in [0.717, 1.165) is 30.7 Å². The summed E-state index contributed by atoms with van der Waals surface area (Å²) < 4.78 is 5.41. The molecule has 2 aromatic carbocycles. The van der Waals surface area contributed by atoms with Crippen LogP contribution in [-0.2, 0) is 0 Å². The van der Waals surface area contributed by atoms with Crippen LogP contribution >= 0.6 is 12.4 Å². The van der Waals surface area contributed by atoms with E-state index in [0.29, 0.717) is 11.5 Å². The third kappa shape index (κ3) is 5.96. The third-order valence-electron chi connectivity index (χ3n) is 5.04. The second-order valence-electron chi connectivity index (χ2n) is 7.48. The molecule has 0 saturated carbocycles. The Bertz CT molecular complexity index is 918. The fourth-order valence-corrected chi connectivity index (χ4v) is 3.73. The molecule has 0 amide bonds. The number of methoxy groups -OCH3 is 1. The quantitative estimate of drug-likeness (QED) is 0.702. The number of benzene rings is 2. The Balaban J connectivity index is 0.00000300. The van der Waals surface area contributed by atoms with Gasteiger partial charge in [-0.3, -0.25) is 0 Å². The molecule has 29 heavy (non-hydrogen) atoms. The van der Waals surface area contributed by atoms with Crippen LogP contribution in [0.4, 0.5) is 0 Å². The Morgan fingerprint density at radius 3 is 2.66 bits per heavy atom. The van der Waals surface area contributed by atoms with Gasteiger partial charge in [0.05, 0.1) is 12.7 Å². The molecular formula is C24H28ClNO3. The minimum atomic E-state index is -0.900. The Morgan fingerprint density at radius 2 is 1.97 bits per heavy atom. The molecule has 5 heteroatoms. The van der Waals surface area contributed by atoms with Gasteiger partial charge in [-0.05, 0) is 79.4 Å². The van der Waals surface area contributed by atoms with Crippen molar-refractivity contribution in [2.24, 2.45) is 5.92 Å². The van der Waals surface area contributed by atoms with Crippen molar-refractivity contribution >= 4 is 30.0 Å². The minimum absolute atomic E-state index is 0. The molecule has 0 saturated heterocycles. The summed E-state index contributed by atoms with van der Waals surface area (Å²) in [5.41, 5.74) is 4.93. The zero-order valence-corrected chi connectivity index (χ0v) is 17.9. The summed E-state index contributed by atoms with van der Waals surface area (Å²) in [5, 5.41) is 9.22. The van der Waals surface area contributed by atoms with Crippen LogP contribution < -0.4 is 4.74 Å². The van der Waals surface area contributed by atoms with Gasteiger partial charge in [-0.25, -0.2) is 4.79 Å². The summed E-state index contributed by atoms with van der Waals surface area (Å²) in [6.07, 6.45) is 6.40. The van der Waals surface area contributed by atoms with Gasteiger partial charge in [-0.2, -0.15) is 0 Å². The van der Waals surface area contributed by atoms with Crippen molar-refractivity contribution in [3.63, 3.8) is 0 Å². The highest BCUT2D eigenvalue weighted by Crippen LogP contribution is 2.37. The minimum Gasteiger partial charge on any atom is -0.497 e. The van der Waals surface area contributed by atoms with Gasteiger partial charge in [0, 0.05) is 6.54 Å². The summed E-state index contributed by atoms with van der Waals surface area (Å²) >= 11 is 0. The monoisotopic (exact) mass is 413 g/mol. The highest BCUT2D eigenvalue weighted by molar-refractivity contribution is 5.88. The van der Waals surface area contributed by atoms with E-state index in [1.807, 2.05) is 18.2 Å². The average molecular weight is 414 g/mol. The van der Waals surface area contributed by atoms with Crippen molar-refractivity contribution in [1.82, 2.24) is 4.90 Å². The second kappa shape index (κ2) is 10.3. The Labute approximate surface area is 178 Å². The summed E-state index contributed by atoms with van der Waals surface area (Å²) in [5.74, 6) is 0.402. The number of carboxylic acid groups (broad SMARTS) is 1. The first-order chi connectivity index (χ1) is 13.5. The molecule has 0 spiro atoms. The highest BCUT2D eigenvalue weighted by atomic mass is 35.5. The fourth-order valence-electron chi connectivity index (χ4n) is 3.73. The number of ether oxygens (including phenoxy) is 1. The lowest BCUT2D eigenvalue weighted by molar-refractivity contribution is 0.0697. The summed E-state index contributed by atoms with van der Waals surface area (Å²) in [4.78, 5) is 13.5. The molecule has 0 aromatic heterocycles. The topological polar surface area (TPSA) is 49.8 Å². The molecule has 1 aliphatic carbocycles. The number of halogens is 1. The zero-order chi connectivity index (χ0) is 20.1. The normalized spacial score (nSPS) is 17.6. The first kappa shape index (κ1) is 22.7. The lowest BCUT2D eigenvalue weighted by atomic mass is 9.81. The smallest absolute Gasteiger partial charge is 0.335 e. The van der Waals surface area contributed by atoms with Crippen LogP contribution in [-0.4, -0.2) is 43.7 Å². The maximum absolute atomic E-state index is 11.2. The predicted octanol–water partition coefficient (Wildman–Crippen LogP) is 5.25. The van der Waals surface area contributed by atoms with E-state index in [1.54, 1.807) is 25.3 Å². The van der Waals surface area contributed by atoms with E-state index >= 15 is 0 Å². The fraction of sp³-hybridized carbons (Fsp3) is 0.292. The Hall–Kier alpha value is -2.56. The molecule has 0 bridgehead atoms. The SMILES string of the molecule is COc1cccc(C2=C/C(=C\c3cccc(C(=O)O)c3)CCC2CN(C)C)c1.Cl. The summed E-state index contributed by atoms with van der Waals surface area (Å²) in [6, 6.07) is 15.3. The van der Waals surface area contributed by atoms with E-state index < -0.39 is 5.97 Å². The molecule has 1 aliphatic rings. The molecule has 0 heterocycles. The van der Waals surface area contributed by atoms with E-state index in [4.69, 9.17) is 4.74 Å². The second-order valence-corrected chi connectivity index (χ2v) is 7.48. The lowest BCUT2D eigenvalue weighted by Crippen LogP contribution is -2.24. The number of carbonyl (C=O) groups is 1. The molecular weight excluding hydrogens is 386 g/mol. The van der Waals surface area contributed by atoms with Crippen LogP contribution in [0.5, 0.6) is 5.75 Å². The van der Waals surface area contributed by atoms with Crippen molar-refractivity contribution in [3.05, 3.63) is 76.9 Å². The maximum atomic E-state index is 11.2. The van der Waals surface area contributed by atoms with E-state index in [-0.39, 0.29) is 12.4 Å². The van der Waals surface area contributed by atoms with Gasteiger partial charge in [0.25, 0.3) is 0 Å². The van der Waals surface area contributed by atoms with Crippen molar-refractivity contribution < 1.29 is 14.6 Å². The van der Waals surface area contributed by atoms with E-state index in [9.17, 15) is 9.90 Å². The van der Waals surface area contributed by atoms with Crippen LogP contribution in [0.1, 0.15) is 34.3 Å². The van der Waals surface area contributed by atoms with Crippen LogP contribution in [0, 0.1) is 5.92 Å². The van der Waals surface area contributed by atoms with Crippen molar-refractivity contribution in [2.45, 2.75) is 12.8 Å². The zero-order valence-electron chi connectivity index (χ0n) is 17.1. The van der Waals surface area contributed by atoms with Gasteiger partial charge in [0.2, 0.25) is 0 Å². The van der Waals surface area contributed by atoms with Gasteiger partial charge in [0.15, 0.2) is 0 Å². The average Bonchev–Trinajstić information content (AvgIpc) is 2.69. The van der Waals surface area contributed by atoms with Crippen LogP contribution in [0.3, 0.4) is 0 Å². The molecule has 2 aromatic rings.